The zero-order valence-electron chi connectivity index (χ0n) is 16.2. The lowest BCUT2D eigenvalue weighted by Crippen LogP contribution is -2.52. The normalized spacial score (nSPS) is 31.7. The third kappa shape index (κ3) is 3.09. The number of rotatable bonds is 6. The van der Waals surface area contributed by atoms with Gasteiger partial charge in [0.25, 0.3) is 0 Å². The average molecular weight is 382 g/mol. The van der Waals surface area contributed by atoms with Crippen LogP contribution in [0.5, 0.6) is 0 Å². The second kappa shape index (κ2) is 6.61. The molecule has 2 aromatic heterocycles. The molecule has 0 radical (unpaired) electrons. The van der Waals surface area contributed by atoms with Gasteiger partial charge in [0.05, 0.1) is 6.54 Å². The lowest BCUT2D eigenvalue weighted by Gasteiger charge is -2.56. The van der Waals surface area contributed by atoms with Crippen LogP contribution in [0.15, 0.2) is 35.0 Å². The minimum atomic E-state index is -0.733. The summed E-state index contributed by atoms with van der Waals surface area (Å²) in [6, 6.07) is 5.17. The fourth-order valence-electron chi connectivity index (χ4n) is 6.24. The van der Waals surface area contributed by atoms with E-state index in [1.165, 1.54) is 19.3 Å². The molecular weight excluding hydrogens is 356 g/mol. The average Bonchev–Trinajstić information content (AvgIpc) is 3.32. The summed E-state index contributed by atoms with van der Waals surface area (Å²) >= 11 is 0. The van der Waals surface area contributed by atoms with Gasteiger partial charge < -0.3 is 9.15 Å². The van der Waals surface area contributed by atoms with Crippen molar-refractivity contribution in [3.63, 3.8) is 0 Å². The Morgan fingerprint density at radius 1 is 1.21 bits per heavy atom. The van der Waals surface area contributed by atoms with Gasteiger partial charge >= 0.3 is 5.97 Å². The lowest BCUT2D eigenvalue weighted by molar-refractivity contribution is -0.152. The van der Waals surface area contributed by atoms with Crippen molar-refractivity contribution in [2.45, 2.75) is 58.1 Å². The summed E-state index contributed by atoms with van der Waals surface area (Å²) in [5.41, 5.74) is -0.261. The zero-order valence-corrected chi connectivity index (χ0v) is 16.2. The van der Waals surface area contributed by atoms with E-state index in [-0.39, 0.29) is 17.0 Å². The highest BCUT2D eigenvalue weighted by molar-refractivity contribution is 5.93. The Labute approximate surface area is 164 Å². The van der Waals surface area contributed by atoms with Gasteiger partial charge in [-0.1, -0.05) is 0 Å². The van der Waals surface area contributed by atoms with Crippen LogP contribution >= 0.6 is 0 Å². The topological polar surface area (TPSA) is 74.3 Å². The van der Waals surface area contributed by atoms with Crippen molar-refractivity contribution in [1.82, 2.24) is 9.78 Å². The maximum absolute atomic E-state index is 13.3. The minimum absolute atomic E-state index is 0.114. The van der Waals surface area contributed by atoms with Crippen LogP contribution in [0.2, 0.25) is 0 Å². The summed E-state index contributed by atoms with van der Waals surface area (Å²) < 4.78 is 12.8. The maximum atomic E-state index is 13.3. The van der Waals surface area contributed by atoms with Gasteiger partial charge in [-0.05, 0) is 81.4 Å². The first-order valence-corrected chi connectivity index (χ1v) is 10.3. The van der Waals surface area contributed by atoms with Crippen molar-refractivity contribution in [3.05, 3.63) is 42.1 Å². The summed E-state index contributed by atoms with van der Waals surface area (Å²) in [4.78, 5) is 25.8. The molecule has 0 spiro atoms. The second-order valence-corrected chi connectivity index (χ2v) is 9.08. The molecule has 0 amide bonds. The molecule has 4 fully saturated rings. The first-order valence-electron chi connectivity index (χ1n) is 10.3. The van der Waals surface area contributed by atoms with E-state index in [0.29, 0.717) is 30.1 Å². The zero-order chi connectivity index (χ0) is 19.3. The number of Topliss-reactive ketones (excluding diaryl/α,β-unsaturated/α-hetero) is 1. The summed E-state index contributed by atoms with van der Waals surface area (Å²) in [7, 11) is 0. The van der Waals surface area contributed by atoms with Gasteiger partial charge in [-0.3, -0.25) is 9.48 Å². The van der Waals surface area contributed by atoms with E-state index in [1.54, 1.807) is 29.9 Å². The molecule has 0 N–H and O–H groups in total. The van der Waals surface area contributed by atoms with Gasteiger partial charge in [0.1, 0.15) is 5.76 Å². The second-order valence-electron chi connectivity index (χ2n) is 9.08. The van der Waals surface area contributed by atoms with Gasteiger partial charge in [-0.2, -0.15) is 5.10 Å². The van der Waals surface area contributed by atoms with Crippen LogP contribution in [0.3, 0.4) is 0 Å². The predicted octanol–water partition coefficient (Wildman–Crippen LogP) is 3.86. The Bertz CT molecular complexity index is 847. The predicted molar refractivity (Wildman–Crippen MR) is 101 cm³/mol. The molecule has 4 bridgehead atoms. The third-order valence-electron chi connectivity index (χ3n) is 6.95. The Hall–Kier alpha value is -2.37. The molecule has 6 rings (SSSR count). The van der Waals surface area contributed by atoms with Crippen molar-refractivity contribution >= 4 is 11.8 Å². The number of carbonyl (C=O) groups is 2. The monoisotopic (exact) mass is 382 g/mol. The molecule has 1 unspecified atom stereocenters. The van der Waals surface area contributed by atoms with Gasteiger partial charge in [0.2, 0.25) is 5.76 Å². The highest BCUT2D eigenvalue weighted by Crippen LogP contribution is 2.60. The Kier molecular flexibility index (Phi) is 4.18. The quantitative estimate of drug-likeness (QED) is 0.710. The van der Waals surface area contributed by atoms with Crippen LogP contribution in [-0.4, -0.2) is 27.6 Å². The van der Waals surface area contributed by atoms with Crippen LogP contribution in [0, 0.1) is 23.2 Å². The summed E-state index contributed by atoms with van der Waals surface area (Å²) in [6.07, 6.45) is 9.58. The number of carbonyl (C=O) groups excluding carboxylic acids is 2. The molecule has 2 aromatic rings. The smallest absolute Gasteiger partial charge is 0.374 e. The van der Waals surface area contributed by atoms with E-state index in [9.17, 15) is 9.59 Å². The SMILES string of the molecule is CC(OC(=O)c1ccc(Cn2cccn2)o1)C(=O)C12CC3CC(CC(C3)C1)C2. The molecule has 4 saturated carbocycles. The van der Waals surface area contributed by atoms with Crippen LogP contribution in [0.4, 0.5) is 0 Å². The number of esters is 1. The molecule has 2 heterocycles. The summed E-state index contributed by atoms with van der Waals surface area (Å²) in [5, 5.41) is 4.12. The van der Waals surface area contributed by atoms with E-state index < -0.39 is 12.1 Å². The molecule has 1 atom stereocenters. The number of hydrogen-bond acceptors (Lipinski definition) is 5. The standard InChI is InChI=1S/C22H26N2O4/c1-14(20(25)22-10-15-7-16(11-22)9-17(8-15)12-22)27-21(26)19-4-3-18(28-19)13-24-6-2-5-23-24/h2-6,14-17H,7-13H2,1H3. The van der Waals surface area contributed by atoms with Gasteiger partial charge in [-0.15, -0.1) is 0 Å². The fourth-order valence-corrected chi connectivity index (χ4v) is 6.24. The molecule has 6 heteroatoms. The van der Waals surface area contributed by atoms with E-state index in [2.05, 4.69) is 5.10 Å². The van der Waals surface area contributed by atoms with Gasteiger partial charge in [0, 0.05) is 17.8 Å². The molecule has 6 nitrogen and oxygen atoms in total. The van der Waals surface area contributed by atoms with Crippen molar-refractivity contribution in [2.75, 3.05) is 0 Å². The van der Waals surface area contributed by atoms with Crippen molar-refractivity contribution < 1.29 is 18.7 Å². The number of aromatic nitrogens is 2. The van der Waals surface area contributed by atoms with E-state index in [4.69, 9.17) is 9.15 Å². The Morgan fingerprint density at radius 3 is 2.50 bits per heavy atom. The molecule has 0 aromatic carbocycles. The number of furan rings is 1. The summed E-state index contributed by atoms with van der Waals surface area (Å²) in [6.45, 7) is 2.16. The highest BCUT2D eigenvalue weighted by atomic mass is 16.6. The van der Waals surface area contributed by atoms with E-state index in [1.807, 2.05) is 12.3 Å². The van der Waals surface area contributed by atoms with E-state index in [0.717, 1.165) is 19.3 Å². The van der Waals surface area contributed by atoms with Crippen LogP contribution < -0.4 is 0 Å². The van der Waals surface area contributed by atoms with Crippen LogP contribution in [0.25, 0.3) is 0 Å². The van der Waals surface area contributed by atoms with E-state index >= 15 is 0 Å². The van der Waals surface area contributed by atoms with Crippen molar-refractivity contribution in [3.8, 4) is 0 Å². The first kappa shape index (κ1) is 17.7. The Balaban J connectivity index is 1.24. The maximum Gasteiger partial charge on any atom is 0.374 e. The highest BCUT2D eigenvalue weighted by Gasteiger charge is 2.55. The molecule has 28 heavy (non-hydrogen) atoms. The number of nitrogens with zero attached hydrogens (tertiary/aromatic N) is 2. The summed E-state index contributed by atoms with van der Waals surface area (Å²) in [5.74, 6) is 2.36. The number of ether oxygens (including phenoxy) is 1. The largest absolute Gasteiger partial charge is 0.452 e. The molecule has 0 saturated heterocycles. The van der Waals surface area contributed by atoms with Crippen molar-refractivity contribution in [2.24, 2.45) is 23.2 Å². The molecule has 148 valence electrons. The minimum Gasteiger partial charge on any atom is -0.452 e. The molecule has 4 aliphatic rings. The lowest BCUT2D eigenvalue weighted by atomic mass is 9.48. The first-order chi connectivity index (χ1) is 13.5. The van der Waals surface area contributed by atoms with Gasteiger partial charge in [0.15, 0.2) is 11.9 Å². The molecule has 0 aliphatic heterocycles. The van der Waals surface area contributed by atoms with Crippen molar-refractivity contribution in [1.29, 1.82) is 0 Å². The van der Waals surface area contributed by atoms with Gasteiger partial charge in [-0.25, -0.2) is 4.79 Å². The van der Waals surface area contributed by atoms with Crippen LogP contribution in [-0.2, 0) is 16.1 Å². The number of hydrogen-bond donors (Lipinski definition) is 0. The van der Waals surface area contributed by atoms with Crippen LogP contribution in [0.1, 0.15) is 61.8 Å². The third-order valence-corrected chi connectivity index (χ3v) is 6.95. The number of ketones is 1. The molecule has 4 aliphatic carbocycles. The fraction of sp³-hybridized carbons (Fsp3) is 0.591. The Morgan fingerprint density at radius 2 is 1.89 bits per heavy atom. The molecular formula is C22H26N2O4.